The molecule has 1 atom stereocenters. The van der Waals surface area contributed by atoms with Gasteiger partial charge in [-0.1, -0.05) is 6.92 Å². The van der Waals surface area contributed by atoms with Gasteiger partial charge in [0.25, 0.3) is 0 Å². The van der Waals surface area contributed by atoms with Crippen molar-refractivity contribution in [2.75, 3.05) is 25.1 Å². The largest absolute Gasteiger partial charge is 0.381 e. The second kappa shape index (κ2) is 5.52. The predicted molar refractivity (Wildman–Crippen MR) is 70.0 cm³/mol. The molecule has 0 spiro atoms. The van der Waals surface area contributed by atoms with Gasteiger partial charge in [-0.2, -0.15) is 0 Å². The number of guanidine groups is 1. The van der Waals surface area contributed by atoms with Crippen molar-refractivity contribution < 1.29 is 13.5 Å². The van der Waals surface area contributed by atoms with E-state index in [2.05, 4.69) is 17.2 Å². The summed E-state index contributed by atoms with van der Waals surface area (Å²) in [6.07, 6.45) is 0.915. The number of benzene rings is 1. The maximum atomic E-state index is 13.4. The first-order valence-electron chi connectivity index (χ1n) is 6.08. The molecule has 3 N–H and O–H groups in total. The van der Waals surface area contributed by atoms with Crippen LogP contribution in [0.25, 0.3) is 0 Å². The van der Waals surface area contributed by atoms with Gasteiger partial charge in [-0.25, -0.2) is 8.78 Å². The summed E-state index contributed by atoms with van der Waals surface area (Å²) < 4.78 is 31.7. The Hall–Kier alpha value is -1.69. The van der Waals surface area contributed by atoms with E-state index in [-0.39, 0.29) is 17.1 Å². The van der Waals surface area contributed by atoms with Crippen LogP contribution in [-0.2, 0) is 4.74 Å². The molecule has 1 aromatic rings. The van der Waals surface area contributed by atoms with E-state index in [0.29, 0.717) is 13.2 Å². The zero-order valence-corrected chi connectivity index (χ0v) is 10.7. The van der Waals surface area contributed by atoms with E-state index < -0.39 is 11.6 Å². The van der Waals surface area contributed by atoms with Crippen LogP contribution in [0, 0.1) is 17.0 Å². The van der Waals surface area contributed by atoms with E-state index in [1.165, 1.54) is 0 Å². The molecular weight excluding hydrogens is 252 g/mol. The highest BCUT2D eigenvalue weighted by atomic mass is 19.1. The van der Waals surface area contributed by atoms with Crippen LogP contribution in [0.4, 0.5) is 14.5 Å². The molecule has 1 unspecified atom stereocenters. The minimum absolute atomic E-state index is 0.0194. The van der Waals surface area contributed by atoms with Gasteiger partial charge in [0.1, 0.15) is 11.6 Å². The molecule has 1 fully saturated rings. The third kappa shape index (κ3) is 3.64. The van der Waals surface area contributed by atoms with Crippen molar-refractivity contribution in [2.24, 2.45) is 16.1 Å². The molecule has 0 bridgehead atoms. The molecule has 1 aliphatic heterocycles. The van der Waals surface area contributed by atoms with Crippen molar-refractivity contribution in [1.82, 2.24) is 0 Å². The lowest BCUT2D eigenvalue weighted by atomic mass is 9.90. The molecule has 104 valence electrons. The number of nitrogens with zero attached hydrogens (tertiary/aromatic N) is 1. The molecule has 0 radical (unpaired) electrons. The van der Waals surface area contributed by atoms with Gasteiger partial charge in [-0.3, -0.25) is 4.99 Å². The Labute approximate surface area is 110 Å². The summed E-state index contributed by atoms with van der Waals surface area (Å²) in [6.45, 7) is 3.90. The molecular formula is C13H17F2N3O. The van der Waals surface area contributed by atoms with Gasteiger partial charge < -0.3 is 15.8 Å². The average molecular weight is 269 g/mol. The van der Waals surface area contributed by atoms with Crippen LogP contribution in [-0.4, -0.2) is 25.7 Å². The molecule has 0 amide bonds. The minimum Gasteiger partial charge on any atom is -0.381 e. The Morgan fingerprint density at radius 3 is 3.00 bits per heavy atom. The topological polar surface area (TPSA) is 59.6 Å². The molecule has 19 heavy (non-hydrogen) atoms. The molecule has 2 rings (SSSR count). The normalized spacial score (nSPS) is 23.6. The van der Waals surface area contributed by atoms with Crippen molar-refractivity contribution in [3.63, 3.8) is 0 Å². The minimum atomic E-state index is -0.574. The van der Waals surface area contributed by atoms with E-state index >= 15 is 0 Å². The van der Waals surface area contributed by atoms with Crippen molar-refractivity contribution >= 4 is 11.6 Å². The number of nitrogens with two attached hydrogens (primary N) is 1. The van der Waals surface area contributed by atoms with Gasteiger partial charge >= 0.3 is 0 Å². The van der Waals surface area contributed by atoms with Gasteiger partial charge in [0.05, 0.1) is 18.8 Å². The molecule has 1 saturated heterocycles. The summed E-state index contributed by atoms with van der Waals surface area (Å²) in [5.41, 5.74) is 5.62. The maximum Gasteiger partial charge on any atom is 0.193 e. The summed E-state index contributed by atoms with van der Waals surface area (Å²) in [7, 11) is 0. The number of hydrogen-bond acceptors (Lipinski definition) is 2. The standard InChI is InChI=1S/C13H17F2N3O/c1-13(4-5-19-8-13)7-17-12(16)18-11-6-9(14)2-3-10(11)15/h2-3,6H,4-5,7-8H2,1H3,(H3,16,17,18). The maximum absolute atomic E-state index is 13.4. The number of aliphatic imine (C=N–C) groups is 1. The number of anilines is 1. The number of ether oxygens (including phenoxy) is 1. The summed E-state index contributed by atoms with van der Waals surface area (Å²) in [6, 6.07) is 3.12. The molecule has 0 saturated carbocycles. The fourth-order valence-corrected chi connectivity index (χ4v) is 1.88. The first-order chi connectivity index (χ1) is 8.98. The van der Waals surface area contributed by atoms with Crippen LogP contribution in [0.15, 0.2) is 23.2 Å². The second-order valence-electron chi connectivity index (χ2n) is 5.06. The SMILES string of the molecule is CC1(CN=C(N)Nc2cc(F)ccc2F)CCOC1. The molecule has 0 aliphatic carbocycles. The average Bonchev–Trinajstić information content (AvgIpc) is 2.79. The van der Waals surface area contributed by atoms with Gasteiger partial charge in [0.15, 0.2) is 5.96 Å². The van der Waals surface area contributed by atoms with E-state index in [1.54, 1.807) is 0 Å². The van der Waals surface area contributed by atoms with Crippen molar-refractivity contribution in [3.05, 3.63) is 29.8 Å². The van der Waals surface area contributed by atoms with Crippen LogP contribution >= 0.6 is 0 Å². The number of halogens is 2. The smallest absolute Gasteiger partial charge is 0.193 e. The number of rotatable bonds is 3. The highest BCUT2D eigenvalue weighted by molar-refractivity contribution is 5.92. The van der Waals surface area contributed by atoms with Crippen LogP contribution in [0.1, 0.15) is 13.3 Å². The fraction of sp³-hybridized carbons (Fsp3) is 0.462. The van der Waals surface area contributed by atoms with E-state index in [1.807, 2.05) is 0 Å². The quantitative estimate of drug-likeness (QED) is 0.652. The third-order valence-corrected chi connectivity index (χ3v) is 3.12. The fourth-order valence-electron chi connectivity index (χ4n) is 1.88. The second-order valence-corrected chi connectivity index (χ2v) is 5.06. The summed E-state index contributed by atoms with van der Waals surface area (Å²) in [5, 5.41) is 2.56. The van der Waals surface area contributed by atoms with Gasteiger partial charge in [0, 0.05) is 18.1 Å². The monoisotopic (exact) mass is 269 g/mol. The predicted octanol–water partition coefficient (Wildman–Crippen LogP) is 2.12. The molecule has 1 heterocycles. The van der Waals surface area contributed by atoms with E-state index in [0.717, 1.165) is 31.2 Å². The van der Waals surface area contributed by atoms with Crippen LogP contribution in [0.5, 0.6) is 0 Å². The Bertz CT molecular complexity index is 485. The zero-order chi connectivity index (χ0) is 13.9. The van der Waals surface area contributed by atoms with E-state index in [9.17, 15) is 8.78 Å². The lowest BCUT2D eigenvalue weighted by molar-refractivity contribution is 0.163. The lowest BCUT2D eigenvalue weighted by Gasteiger charge is -2.18. The number of hydrogen-bond donors (Lipinski definition) is 2. The number of nitrogens with one attached hydrogen (secondary N) is 1. The molecule has 4 nitrogen and oxygen atoms in total. The first kappa shape index (κ1) is 13.7. The summed E-state index contributed by atoms with van der Waals surface area (Å²) in [5.74, 6) is -1.04. The Kier molecular flexibility index (Phi) is 3.99. The molecule has 1 aromatic carbocycles. The molecule has 6 heteroatoms. The highest BCUT2D eigenvalue weighted by Crippen LogP contribution is 2.27. The third-order valence-electron chi connectivity index (χ3n) is 3.12. The van der Waals surface area contributed by atoms with Gasteiger partial charge in [-0.15, -0.1) is 0 Å². The Morgan fingerprint density at radius 2 is 2.32 bits per heavy atom. The Balaban J connectivity index is 2.00. The van der Waals surface area contributed by atoms with Crippen LogP contribution < -0.4 is 11.1 Å². The summed E-state index contributed by atoms with van der Waals surface area (Å²) >= 11 is 0. The van der Waals surface area contributed by atoms with Crippen molar-refractivity contribution in [3.8, 4) is 0 Å². The van der Waals surface area contributed by atoms with Gasteiger partial charge in [0.2, 0.25) is 0 Å². The Morgan fingerprint density at radius 1 is 1.53 bits per heavy atom. The molecule has 0 aromatic heterocycles. The first-order valence-corrected chi connectivity index (χ1v) is 6.08. The van der Waals surface area contributed by atoms with Crippen molar-refractivity contribution in [2.45, 2.75) is 13.3 Å². The van der Waals surface area contributed by atoms with Gasteiger partial charge in [-0.05, 0) is 18.6 Å². The lowest BCUT2D eigenvalue weighted by Crippen LogP contribution is -2.27. The molecule has 1 aliphatic rings. The van der Waals surface area contributed by atoms with Crippen LogP contribution in [0.3, 0.4) is 0 Å². The summed E-state index contributed by atoms with van der Waals surface area (Å²) in [4.78, 5) is 4.16. The zero-order valence-electron chi connectivity index (χ0n) is 10.7. The highest BCUT2D eigenvalue weighted by Gasteiger charge is 2.29. The van der Waals surface area contributed by atoms with Crippen LogP contribution in [0.2, 0.25) is 0 Å². The van der Waals surface area contributed by atoms with E-state index in [4.69, 9.17) is 10.5 Å². The van der Waals surface area contributed by atoms with Crippen molar-refractivity contribution in [1.29, 1.82) is 0 Å².